The molecular formula is C15H16FN3O4. The van der Waals surface area contributed by atoms with Crippen molar-refractivity contribution in [1.29, 1.82) is 0 Å². The van der Waals surface area contributed by atoms with E-state index in [4.69, 9.17) is 0 Å². The van der Waals surface area contributed by atoms with Crippen molar-refractivity contribution in [2.75, 3.05) is 18.0 Å². The lowest BCUT2D eigenvalue weighted by Gasteiger charge is -2.31. The lowest BCUT2D eigenvalue weighted by molar-refractivity contribution is -0.385. The van der Waals surface area contributed by atoms with E-state index in [1.807, 2.05) is 0 Å². The minimum Gasteiger partial charge on any atom is -0.393 e. The fourth-order valence-electron chi connectivity index (χ4n) is 3.06. The van der Waals surface area contributed by atoms with Gasteiger partial charge in [0.15, 0.2) is 0 Å². The topological polar surface area (TPSA) is 88.6 Å². The number of anilines is 1. The molecule has 0 amide bonds. The summed E-state index contributed by atoms with van der Waals surface area (Å²) < 4.78 is 14.9. The van der Waals surface area contributed by atoms with Gasteiger partial charge in [0.2, 0.25) is 0 Å². The highest BCUT2D eigenvalue weighted by Gasteiger charge is 2.30. The van der Waals surface area contributed by atoms with Crippen LogP contribution in [0.4, 0.5) is 15.8 Å². The largest absolute Gasteiger partial charge is 0.393 e. The number of hydrogen-bond donors (Lipinski definition) is 1. The van der Waals surface area contributed by atoms with E-state index < -0.39 is 28.1 Å². The number of benzene rings is 1. The molecule has 1 aromatic carbocycles. The number of aliphatic hydroxyl groups is 1. The molecule has 1 N–H and O–H groups in total. The van der Waals surface area contributed by atoms with E-state index in [-0.39, 0.29) is 5.69 Å². The standard InChI is InChI=1S/C15H16FN3O4/c1-17-12-3-2-9(16)8-11(12)13(14(15(17)21)19(22)23)18-6-4-10(20)5-7-18/h2-3,8,10,20H,4-7H2,1H3. The van der Waals surface area contributed by atoms with Crippen LogP contribution < -0.4 is 10.5 Å². The van der Waals surface area contributed by atoms with Crippen LogP contribution in [0.3, 0.4) is 0 Å². The fraction of sp³-hybridized carbons (Fsp3) is 0.400. The van der Waals surface area contributed by atoms with Gasteiger partial charge in [0.25, 0.3) is 0 Å². The smallest absolute Gasteiger partial charge is 0.357 e. The Balaban J connectivity index is 2.34. The number of piperidine rings is 1. The highest BCUT2D eigenvalue weighted by atomic mass is 19.1. The number of pyridine rings is 1. The maximum atomic E-state index is 13.7. The summed E-state index contributed by atoms with van der Waals surface area (Å²) in [5.74, 6) is -0.524. The van der Waals surface area contributed by atoms with Crippen molar-refractivity contribution < 1.29 is 14.4 Å². The summed E-state index contributed by atoms with van der Waals surface area (Å²) in [5.41, 5.74) is -0.708. The van der Waals surface area contributed by atoms with E-state index in [0.717, 1.165) is 4.57 Å². The molecule has 1 aromatic heterocycles. The molecule has 2 heterocycles. The Kier molecular flexibility index (Phi) is 3.77. The van der Waals surface area contributed by atoms with E-state index >= 15 is 0 Å². The maximum absolute atomic E-state index is 13.7. The zero-order valence-electron chi connectivity index (χ0n) is 12.5. The van der Waals surface area contributed by atoms with Gasteiger partial charge < -0.3 is 14.6 Å². The Labute approximate surface area is 130 Å². The van der Waals surface area contributed by atoms with Crippen molar-refractivity contribution in [2.24, 2.45) is 7.05 Å². The van der Waals surface area contributed by atoms with Crippen LogP contribution in [0.5, 0.6) is 0 Å². The molecular weight excluding hydrogens is 305 g/mol. The molecule has 0 radical (unpaired) electrons. The highest BCUT2D eigenvalue weighted by Crippen LogP contribution is 2.35. The number of aromatic nitrogens is 1. The van der Waals surface area contributed by atoms with Crippen molar-refractivity contribution in [2.45, 2.75) is 18.9 Å². The third kappa shape index (κ3) is 2.55. The Morgan fingerprint density at radius 3 is 2.61 bits per heavy atom. The molecule has 23 heavy (non-hydrogen) atoms. The van der Waals surface area contributed by atoms with E-state index in [2.05, 4.69) is 0 Å². The van der Waals surface area contributed by atoms with E-state index in [9.17, 15) is 24.4 Å². The summed E-state index contributed by atoms with van der Waals surface area (Å²) in [4.78, 5) is 24.8. The fourth-order valence-corrected chi connectivity index (χ4v) is 3.06. The number of rotatable bonds is 2. The minimum absolute atomic E-state index is 0.138. The molecule has 0 unspecified atom stereocenters. The Morgan fingerprint density at radius 1 is 1.35 bits per heavy atom. The van der Waals surface area contributed by atoms with Crippen molar-refractivity contribution in [3.63, 3.8) is 0 Å². The van der Waals surface area contributed by atoms with Crippen molar-refractivity contribution in [3.8, 4) is 0 Å². The second kappa shape index (κ2) is 5.62. The van der Waals surface area contributed by atoms with Gasteiger partial charge in [-0.1, -0.05) is 0 Å². The molecule has 0 spiro atoms. The SMILES string of the molecule is Cn1c(=O)c([N+](=O)[O-])c(N2CCC(O)CC2)c2cc(F)ccc21. The van der Waals surface area contributed by atoms with Crippen LogP contribution in [-0.2, 0) is 7.05 Å². The molecule has 1 aliphatic rings. The molecule has 122 valence electrons. The number of hydrogen-bond acceptors (Lipinski definition) is 5. The Bertz CT molecular complexity index is 841. The summed E-state index contributed by atoms with van der Waals surface area (Å²) in [6, 6.07) is 3.87. The predicted octanol–water partition coefficient (Wildman–Crippen LogP) is 1.55. The van der Waals surface area contributed by atoms with Crippen LogP contribution in [0.25, 0.3) is 10.9 Å². The quantitative estimate of drug-likeness (QED) is 0.669. The number of nitro groups is 1. The van der Waals surface area contributed by atoms with Gasteiger partial charge in [-0.2, -0.15) is 0 Å². The third-order valence-corrected chi connectivity index (χ3v) is 4.27. The molecule has 0 saturated carbocycles. The molecule has 1 saturated heterocycles. The average molecular weight is 321 g/mol. The van der Waals surface area contributed by atoms with Crippen LogP contribution in [0, 0.1) is 15.9 Å². The van der Waals surface area contributed by atoms with Crippen LogP contribution >= 0.6 is 0 Å². The molecule has 1 aliphatic heterocycles. The molecule has 0 atom stereocenters. The van der Waals surface area contributed by atoms with Gasteiger partial charge in [-0.3, -0.25) is 14.9 Å². The van der Waals surface area contributed by atoms with Gasteiger partial charge in [0.05, 0.1) is 16.5 Å². The van der Waals surface area contributed by atoms with Crippen LogP contribution in [0.1, 0.15) is 12.8 Å². The third-order valence-electron chi connectivity index (χ3n) is 4.27. The maximum Gasteiger partial charge on any atom is 0.357 e. The monoisotopic (exact) mass is 321 g/mol. The highest BCUT2D eigenvalue weighted by molar-refractivity contribution is 5.96. The minimum atomic E-state index is -0.727. The zero-order chi connectivity index (χ0) is 16.7. The van der Waals surface area contributed by atoms with Crippen LogP contribution in [0.2, 0.25) is 0 Å². The Hall–Kier alpha value is -2.48. The molecule has 3 rings (SSSR count). The lowest BCUT2D eigenvalue weighted by atomic mass is 10.0. The number of fused-ring (bicyclic) bond motifs is 1. The van der Waals surface area contributed by atoms with Gasteiger partial charge in [-0.15, -0.1) is 0 Å². The molecule has 0 aliphatic carbocycles. The first-order valence-electron chi connectivity index (χ1n) is 7.30. The van der Waals surface area contributed by atoms with Crippen molar-refractivity contribution in [1.82, 2.24) is 4.57 Å². The van der Waals surface area contributed by atoms with Gasteiger partial charge in [0.1, 0.15) is 11.5 Å². The van der Waals surface area contributed by atoms with Crippen molar-refractivity contribution in [3.05, 3.63) is 44.5 Å². The average Bonchev–Trinajstić information content (AvgIpc) is 2.51. The van der Waals surface area contributed by atoms with E-state index in [1.54, 1.807) is 4.90 Å². The number of aliphatic hydroxyl groups excluding tert-OH is 1. The summed E-state index contributed by atoms with van der Waals surface area (Å²) >= 11 is 0. The second-order valence-electron chi connectivity index (χ2n) is 5.70. The summed E-state index contributed by atoms with van der Waals surface area (Å²) in [6.07, 6.45) is 0.437. The first-order valence-corrected chi connectivity index (χ1v) is 7.30. The van der Waals surface area contributed by atoms with Crippen LogP contribution in [0.15, 0.2) is 23.0 Å². The van der Waals surface area contributed by atoms with Gasteiger partial charge in [-0.25, -0.2) is 4.39 Å². The van der Waals surface area contributed by atoms with Gasteiger partial charge in [-0.05, 0) is 31.0 Å². The normalized spacial score (nSPS) is 16.0. The Morgan fingerprint density at radius 2 is 2.00 bits per heavy atom. The number of nitrogens with zero attached hydrogens (tertiary/aromatic N) is 3. The summed E-state index contributed by atoms with van der Waals surface area (Å²) in [6.45, 7) is 0.752. The van der Waals surface area contributed by atoms with Gasteiger partial charge >= 0.3 is 11.2 Å². The van der Waals surface area contributed by atoms with E-state index in [1.165, 1.54) is 25.2 Å². The molecule has 1 fully saturated rings. The number of halogens is 1. The second-order valence-corrected chi connectivity index (χ2v) is 5.70. The first-order chi connectivity index (χ1) is 10.9. The van der Waals surface area contributed by atoms with Gasteiger partial charge in [0, 0.05) is 25.5 Å². The molecule has 0 bridgehead atoms. The van der Waals surface area contributed by atoms with E-state index in [0.29, 0.717) is 36.8 Å². The first kappa shape index (κ1) is 15.4. The molecule has 2 aromatic rings. The molecule has 8 heteroatoms. The number of aryl methyl sites for hydroxylation is 1. The lowest BCUT2D eigenvalue weighted by Crippen LogP contribution is -2.37. The predicted molar refractivity (Wildman–Crippen MR) is 83.3 cm³/mol. The zero-order valence-corrected chi connectivity index (χ0v) is 12.5. The summed E-state index contributed by atoms with van der Waals surface area (Å²) in [7, 11) is 1.43. The molecule has 7 nitrogen and oxygen atoms in total. The summed E-state index contributed by atoms with van der Waals surface area (Å²) in [5, 5.41) is 21.4. The van der Waals surface area contributed by atoms with Crippen LogP contribution in [-0.4, -0.2) is 33.8 Å². The van der Waals surface area contributed by atoms with Crippen molar-refractivity contribution >= 4 is 22.3 Å².